The van der Waals surface area contributed by atoms with Gasteiger partial charge in [0.15, 0.2) is 0 Å². The zero-order valence-electron chi connectivity index (χ0n) is 19.7. The Kier molecular flexibility index (Phi) is 14.0. The molecule has 0 radical (unpaired) electrons. The average Bonchev–Trinajstić information content (AvgIpc) is 2.80. The highest BCUT2D eigenvalue weighted by Crippen LogP contribution is 2.28. The van der Waals surface area contributed by atoms with Crippen molar-refractivity contribution in [2.75, 3.05) is 25.0 Å². The van der Waals surface area contributed by atoms with E-state index in [-0.39, 0.29) is 30.9 Å². The van der Waals surface area contributed by atoms with Gasteiger partial charge in [0.1, 0.15) is 0 Å². The molecule has 1 heterocycles. The molecule has 3 nitrogen and oxygen atoms in total. The van der Waals surface area contributed by atoms with E-state index in [2.05, 4.69) is 78.7 Å². The molecule has 0 amide bonds. The number of nitrogens with zero attached hydrogens (tertiary/aromatic N) is 1. The number of piperidine rings is 1. The van der Waals surface area contributed by atoms with Gasteiger partial charge < -0.3 is 10.4 Å². The van der Waals surface area contributed by atoms with Crippen LogP contribution in [0.25, 0.3) is 0 Å². The maximum absolute atomic E-state index is 10.9. The first kappa shape index (κ1) is 28.8. The summed E-state index contributed by atoms with van der Waals surface area (Å²) in [5.74, 6) is 0.760. The van der Waals surface area contributed by atoms with Gasteiger partial charge in [0.05, 0.1) is 6.10 Å². The number of benzene rings is 2. The lowest BCUT2D eigenvalue weighted by Crippen LogP contribution is -2.43. The van der Waals surface area contributed by atoms with Crippen LogP contribution in [0, 0.1) is 5.92 Å². The van der Waals surface area contributed by atoms with Gasteiger partial charge in [-0.1, -0.05) is 68.7 Å². The molecule has 1 fully saturated rings. The highest BCUT2D eigenvalue weighted by molar-refractivity contribution is 5.85. The molecule has 0 unspecified atom stereocenters. The summed E-state index contributed by atoms with van der Waals surface area (Å²) in [6.07, 6.45) is 8.27. The van der Waals surface area contributed by atoms with Crippen molar-refractivity contribution in [1.29, 1.82) is 0 Å². The van der Waals surface area contributed by atoms with Crippen LogP contribution in [0.15, 0.2) is 54.6 Å². The first-order valence-corrected chi connectivity index (χ1v) is 12.0. The maximum atomic E-state index is 10.9. The molecule has 1 saturated heterocycles. The van der Waals surface area contributed by atoms with Crippen LogP contribution < -0.4 is 5.32 Å². The number of anilines is 1. The van der Waals surface area contributed by atoms with Crippen LogP contribution in [0.1, 0.15) is 69.6 Å². The standard InChI is InChI=1S/C27H40N2O.2ClH/c1-3-4-5-9-18-28-26-14-12-25(13-15-26)27(30)22(2)29-19-16-24(17-20-29)21-23-10-7-6-8-11-23;;/h6-8,10-15,22,24,27-28,30H,3-5,9,16-21H2,1-2H3;2*1H/t22-,27+;;/m1../s1. The number of rotatable bonds is 11. The lowest BCUT2D eigenvalue weighted by Gasteiger charge is -2.38. The average molecular weight is 482 g/mol. The molecule has 0 bridgehead atoms. The summed E-state index contributed by atoms with van der Waals surface area (Å²) >= 11 is 0. The molecule has 2 aromatic rings. The topological polar surface area (TPSA) is 35.5 Å². The molecule has 0 aromatic heterocycles. The number of aliphatic hydroxyl groups is 1. The normalized spacial score (nSPS) is 16.5. The van der Waals surface area contributed by atoms with Crippen LogP contribution in [-0.2, 0) is 6.42 Å². The Hall–Kier alpha value is -1.26. The Morgan fingerprint density at radius 1 is 0.938 bits per heavy atom. The lowest BCUT2D eigenvalue weighted by molar-refractivity contribution is 0.0373. The molecule has 0 aliphatic carbocycles. The Labute approximate surface area is 207 Å². The van der Waals surface area contributed by atoms with Gasteiger partial charge in [0.25, 0.3) is 0 Å². The number of nitrogens with one attached hydrogen (secondary N) is 1. The van der Waals surface area contributed by atoms with Crippen LogP contribution in [0.5, 0.6) is 0 Å². The van der Waals surface area contributed by atoms with Crippen LogP contribution in [0.3, 0.4) is 0 Å². The summed E-state index contributed by atoms with van der Waals surface area (Å²) in [5, 5.41) is 14.4. The van der Waals surface area contributed by atoms with Crippen molar-refractivity contribution in [1.82, 2.24) is 4.90 Å². The Morgan fingerprint density at radius 3 is 2.22 bits per heavy atom. The monoisotopic (exact) mass is 480 g/mol. The summed E-state index contributed by atoms with van der Waals surface area (Å²) in [6, 6.07) is 19.4. The summed E-state index contributed by atoms with van der Waals surface area (Å²) in [4.78, 5) is 2.46. The highest BCUT2D eigenvalue weighted by Gasteiger charge is 2.27. The van der Waals surface area contributed by atoms with E-state index >= 15 is 0 Å². The third kappa shape index (κ3) is 8.94. The second-order valence-corrected chi connectivity index (χ2v) is 8.96. The SMILES string of the molecule is CCCCCCNc1ccc([C@@H](O)[C@@H](C)N2CCC(Cc3ccccc3)CC2)cc1.Cl.Cl. The number of unbranched alkanes of at least 4 members (excludes halogenated alkanes) is 3. The predicted molar refractivity (Wildman–Crippen MR) is 142 cm³/mol. The van der Waals surface area contributed by atoms with Gasteiger partial charge in [-0.25, -0.2) is 0 Å². The van der Waals surface area contributed by atoms with Crippen molar-refractivity contribution in [3.8, 4) is 0 Å². The molecule has 32 heavy (non-hydrogen) atoms. The van der Waals surface area contributed by atoms with E-state index in [1.54, 1.807) is 0 Å². The van der Waals surface area contributed by atoms with E-state index in [0.29, 0.717) is 0 Å². The Morgan fingerprint density at radius 2 is 1.59 bits per heavy atom. The lowest BCUT2D eigenvalue weighted by atomic mass is 9.89. The summed E-state index contributed by atoms with van der Waals surface area (Å²) in [5.41, 5.74) is 3.62. The molecular formula is C27H42Cl2N2O. The minimum Gasteiger partial charge on any atom is -0.387 e. The van der Waals surface area contributed by atoms with E-state index in [4.69, 9.17) is 0 Å². The predicted octanol–water partition coefficient (Wildman–Crippen LogP) is 6.90. The highest BCUT2D eigenvalue weighted by atomic mass is 35.5. The third-order valence-electron chi connectivity index (χ3n) is 6.66. The summed E-state index contributed by atoms with van der Waals surface area (Å²) < 4.78 is 0. The van der Waals surface area contributed by atoms with E-state index in [0.717, 1.165) is 36.8 Å². The molecule has 2 N–H and O–H groups in total. The molecule has 0 saturated carbocycles. The van der Waals surface area contributed by atoms with E-state index < -0.39 is 6.10 Å². The quantitative estimate of drug-likeness (QED) is 0.343. The number of halogens is 2. The zero-order valence-corrected chi connectivity index (χ0v) is 21.3. The first-order chi connectivity index (χ1) is 14.7. The molecule has 1 aliphatic rings. The molecule has 3 rings (SSSR count). The van der Waals surface area contributed by atoms with Gasteiger partial charge in [0, 0.05) is 18.3 Å². The number of likely N-dealkylation sites (tertiary alicyclic amines) is 1. The van der Waals surface area contributed by atoms with Crippen LogP contribution in [0.4, 0.5) is 5.69 Å². The van der Waals surface area contributed by atoms with Crippen molar-refractivity contribution < 1.29 is 5.11 Å². The smallest absolute Gasteiger partial charge is 0.0942 e. The van der Waals surface area contributed by atoms with Crippen molar-refractivity contribution in [3.05, 3.63) is 65.7 Å². The fourth-order valence-electron chi connectivity index (χ4n) is 4.57. The fourth-order valence-corrected chi connectivity index (χ4v) is 4.57. The van der Waals surface area contributed by atoms with E-state index in [1.165, 1.54) is 50.5 Å². The zero-order chi connectivity index (χ0) is 21.2. The van der Waals surface area contributed by atoms with Crippen molar-refractivity contribution in [2.45, 2.75) is 70.9 Å². The van der Waals surface area contributed by atoms with E-state index in [9.17, 15) is 5.11 Å². The van der Waals surface area contributed by atoms with Gasteiger partial charge in [-0.05, 0) is 74.9 Å². The maximum Gasteiger partial charge on any atom is 0.0942 e. The number of aliphatic hydroxyl groups excluding tert-OH is 1. The van der Waals surface area contributed by atoms with Crippen molar-refractivity contribution >= 4 is 30.5 Å². The van der Waals surface area contributed by atoms with Gasteiger partial charge in [-0.2, -0.15) is 0 Å². The minimum atomic E-state index is -0.436. The number of hydrogen-bond acceptors (Lipinski definition) is 3. The molecule has 2 aromatic carbocycles. The van der Waals surface area contributed by atoms with Crippen molar-refractivity contribution in [2.24, 2.45) is 5.92 Å². The second kappa shape index (κ2) is 15.6. The minimum absolute atomic E-state index is 0. The van der Waals surface area contributed by atoms with Gasteiger partial charge >= 0.3 is 0 Å². The van der Waals surface area contributed by atoms with Crippen LogP contribution in [-0.4, -0.2) is 35.7 Å². The summed E-state index contributed by atoms with van der Waals surface area (Å²) in [6.45, 7) is 7.59. The summed E-state index contributed by atoms with van der Waals surface area (Å²) in [7, 11) is 0. The molecule has 180 valence electrons. The number of hydrogen-bond donors (Lipinski definition) is 2. The fraction of sp³-hybridized carbons (Fsp3) is 0.556. The molecule has 0 spiro atoms. The Balaban J connectivity index is 0.00000256. The molecule has 2 atom stereocenters. The molecule has 1 aliphatic heterocycles. The van der Waals surface area contributed by atoms with Gasteiger partial charge in [-0.15, -0.1) is 24.8 Å². The van der Waals surface area contributed by atoms with Gasteiger partial charge in [-0.3, -0.25) is 4.90 Å². The Bertz CT molecular complexity index is 718. The largest absolute Gasteiger partial charge is 0.387 e. The molecular weight excluding hydrogens is 439 g/mol. The van der Waals surface area contributed by atoms with Crippen molar-refractivity contribution in [3.63, 3.8) is 0 Å². The first-order valence-electron chi connectivity index (χ1n) is 12.0. The van der Waals surface area contributed by atoms with Crippen LogP contribution in [0.2, 0.25) is 0 Å². The molecule has 5 heteroatoms. The van der Waals surface area contributed by atoms with E-state index in [1.807, 2.05) is 0 Å². The third-order valence-corrected chi connectivity index (χ3v) is 6.66. The second-order valence-electron chi connectivity index (χ2n) is 8.96. The van der Waals surface area contributed by atoms with Gasteiger partial charge in [0.2, 0.25) is 0 Å². The van der Waals surface area contributed by atoms with Crippen LogP contribution >= 0.6 is 24.8 Å².